The Labute approximate surface area is 212 Å². The molecular formula is C24H31Cl2NO6S. The van der Waals surface area contributed by atoms with Crippen LogP contribution >= 0.6 is 24.0 Å². The van der Waals surface area contributed by atoms with Crippen LogP contribution in [-0.2, 0) is 14.9 Å². The lowest BCUT2D eigenvalue weighted by Gasteiger charge is -2.33. The quantitative estimate of drug-likeness (QED) is 0.434. The number of amides is 1. The molecule has 0 spiro atoms. The minimum Gasteiger partial charge on any atom is -0.493 e. The lowest BCUT2D eigenvalue weighted by molar-refractivity contribution is 0.0165. The van der Waals surface area contributed by atoms with Crippen LogP contribution in [0, 0.1) is 12.8 Å². The van der Waals surface area contributed by atoms with Crippen molar-refractivity contribution in [3.8, 4) is 11.5 Å². The van der Waals surface area contributed by atoms with Crippen molar-refractivity contribution in [1.82, 2.24) is 4.90 Å². The highest BCUT2D eigenvalue weighted by Gasteiger charge is 2.27. The molecule has 1 amide bonds. The van der Waals surface area contributed by atoms with Crippen LogP contribution in [0.25, 0.3) is 0 Å². The molecule has 34 heavy (non-hydrogen) atoms. The van der Waals surface area contributed by atoms with E-state index in [2.05, 4.69) is 0 Å². The second-order valence-corrected chi connectivity index (χ2v) is 11.2. The maximum Gasteiger partial charge on any atom is 0.410 e. The van der Waals surface area contributed by atoms with E-state index in [-0.39, 0.29) is 35.1 Å². The summed E-state index contributed by atoms with van der Waals surface area (Å²) in [7, 11) is -4.02. The fourth-order valence-corrected chi connectivity index (χ4v) is 4.68. The number of nitrogens with zero attached hydrogens (tertiary/aromatic N) is 1. The van der Waals surface area contributed by atoms with E-state index in [1.165, 1.54) is 12.1 Å². The van der Waals surface area contributed by atoms with E-state index in [1.807, 2.05) is 33.8 Å². The first-order valence-corrected chi connectivity index (χ1v) is 12.6. The predicted molar refractivity (Wildman–Crippen MR) is 134 cm³/mol. The third-order valence-electron chi connectivity index (χ3n) is 5.07. The third kappa shape index (κ3) is 8.25. The van der Waals surface area contributed by atoms with Crippen molar-refractivity contribution in [2.45, 2.75) is 51.0 Å². The van der Waals surface area contributed by atoms with E-state index in [0.717, 1.165) is 18.4 Å². The summed E-state index contributed by atoms with van der Waals surface area (Å²) < 4.78 is 41.9. The number of halogens is 2. The van der Waals surface area contributed by atoms with Gasteiger partial charge in [-0.3, -0.25) is 0 Å². The van der Waals surface area contributed by atoms with E-state index in [4.69, 9.17) is 25.3 Å². The minimum absolute atomic E-state index is 0. The molecule has 188 valence electrons. The lowest BCUT2D eigenvalue weighted by atomic mass is 9.98. The number of rotatable bonds is 6. The second-order valence-electron chi connectivity index (χ2n) is 9.20. The Morgan fingerprint density at radius 3 is 2.35 bits per heavy atom. The van der Waals surface area contributed by atoms with Gasteiger partial charge in [-0.1, -0.05) is 17.7 Å². The van der Waals surface area contributed by atoms with Crippen molar-refractivity contribution in [3.63, 3.8) is 0 Å². The Balaban J connectivity index is 0.00000408. The van der Waals surface area contributed by atoms with Crippen molar-refractivity contribution >= 4 is 40.2 Å². The Hall–Kier alpha value is -2.16. The number of aryl methyl sites for hydroxylation is 1. The number of ether oxygens (including phenoxy) is 2. The Kier molecular flexibility index (Phi) is 9.51. The van der Waals surface area contributed by atoms with Crippen LogP contribution in [0.3, 0.4) is 0 Å². The summed E-state index contributed by atoms with van der Waals surface area (Å²) in [5.74, 6) is 0.981. The molecule has 7 nitrogen and oxygen atoms in total. The second kappa shape index (κ2) is 11.5. The van der Waals surface area contributed by atoms with Crippen molar-refractivity contribution < 1.29 is 26.9 Å². The number of hydrogen-bond acceptors (Lipinski definition) is 6. The van der Waals surface area contributed by atoms with Crippen molar-refractivity contribution in [3.05, 3.63) is 53.1 Å². The number of hydrogen-bond donors (Lipinski definition) is 0. The molecule has 0 atom stereocenters. The zero-order valence-electron chi connectivity index (χ0n) is 19.7. The van der Waals surface area contributed by atoms with E-state index in [1.54, 1.807) is 29.2 Å². The summed E-state index contributed by atoms with van der Waals surface area (Å²) in [6.45, 7) is 9.09. The standard InChI is InChI=1S/C24H30ClNO6S.ClH/c1-17-12-20(15-21(13-17)32-33(28,29)22-7-5-6-19(25)14-22)30-16-18-8-10-26(11-9-18)23(27)31-24(2,3)4;/h5-7,12-15,18H,8-11,16H2,1-4H3;1H. The van der Waals surface area contributed by atoms with Gasteiger partial charge < -0.3 is 18.6 Å². The monoisotopic (exact) mass is 531 g/mol. The van der Waals surface area contributed by atoms with Crippen molar-refractivity contribution in [1.29, 1.82) is 0 Å². The molecule has 1 fully saturated rings. The zero-order valence-corrected chi connectivity index (χ0v) is 22.1. The largest absolute Gasteiger partial charge is 0.493 e. The molecule has 0 unspecified atom stereocenters. The van der Waals surface area contributed by atoms with Crippen LogP contribution in [-0.4, -0.2) is 44.7 Å². The van der Waals surface area contributed by atoms with Crippen LogP contribution in [0.1, 0.15) is 39.2 Å². The lowest BCUT2D eigenvalue weighted by Crippen LogP contribution is -2.42. The van der Waals surface area contributed by atoms with E-state index in [9.17, 15) is 13.2 Å². The molecule has 0 aromatic heterocycles. The van der Waals surface area contributed by atoms with Crippen LogP contribution in [0.15, 0.2) is 47.4 Å². The van der Waals surface area contributed by atoms with E-state index in [0.29, 0.717) is 30.5 Å². The molecule has 1 aliphatic rings. The first-order chi connectivity index (χ1) is 15.4. The predicted octanol–water partition coefficient (Wildman–Crippen LogP) is 5.86. The van der Waals surface area contributed by atoms with Gasteiger partial charge in [0.05, 0.1) is 6.61 Å². The average molecular weight is 532 g/mol. The molecule has 0 N–H and O–H groups in total. The number of likely N-dealkylation sites (tertiary alicyclic amines) is 1. The Morgan fingerprint density at radius 2 is 1.74 bits per heavy atom. The molecule has 1 saturated heterocycles. The molecule has 0 aliphatic carbocycles. The highest BCUT2D eigenvalue weighted by molar-refractivity contribution is 7.87. The van der Waals surface area contributed by atoms with E-state index < -0.39 is 15.7 Å². The Bertz CT molecular complexity index is 1090. The molecule has 3 rings (SSSR count). The summed E-state index contributed by atoms with van der Waals surface area (Å²) >= 11 is 5.91. The van der Waals surface area contributed by atoms with E-state index >= 15 is 0 Å². The Morgan fingerprint density at radius 1 is 1.09 bits per heavy atom. The molecule has 10 heteroatoms. The highest BCUT2D eigenvalue weighted by Crippen LogP contribution is 2.28. The minimum atomic E-state index is -4.02. The molecule has 0 radical (unpaired) electrons. The SMILES string of the molecule is Cc1cc(OCC2CCN(C(=O)OC(C)(C)C)CC2)cc(OS(=O)(=O)c2cccc(Cl)c2)c1.Cl. The maximum absolute atomic E-state index is 12.6. The van der Waals surface area contributed by atoms with Gasteiger partial charge in [0.2, 0.25) is 0 Å². The highest BCUT2D eigenvalue weighted by atomic mass is 35.5. The first-order valence-electron chi connectivity index (χ1n) is 10.8. The zero-order chi connectivity index (χ0) is 24.2. The summed E-state index contributed by atoms with van der Waals surface area (Å²) in [6, 6.07) is 10.9. The molecule has 0 bridgehead atoms. The molecule has 1 aliphatic heterocycles. The number of carbonyl (C=O) groups is 1. The average Bonchev–Trinajstić information content (AvgIpc) is 2.71. The fraction of sp³-hybridized carbons (Fsp3) is 0.458. The van der Waals surface area contributed by atoms with Gasteiger partial charge in [0.25, 0.3) is 0 Å². The smallest absolute Gasteiger partial charge is 0.410 e. The molecule has 1 heterocycles. The van der Waals surface area contributed by atoms with Crippen LogP contribution in [0.2, 0.25) is 5.02 Å². The summed E-state index contributed by atoms with van der Waals surface area (Å²) in [5.41, 5.74) is 0.297. The van der Waals surface area contributed by atoms with Crippen molar-refractivity contribution in [2.75, 3.05) is 19.7 Å². The van der Waals surface area contributed by atoms with Gasteiger partial charge >= 0.3 is 16.2 Å². The third-order valence-corrected chi connectivity index (χ3v) is 6.55. The number of piperidine rings is 1. The normalized spacial score (nSPS) is 14.8. The van der Waals surface area contributed by atoms with Gasteiger partial charge in [0.1, 0.15) is 22.0 Å². The van der Waals surface area contributed by atoms with Gasteiger partial charge in [0, 0.05) is 24.2 Å². The topological polar surface area (TPSA) is 82.1 Å². The van der Waals surface area contributed by atoms with Gasteiger partial charge in [0.15, 0.2) is 0 Å². The van der Waals surface area contributed by atoms with Crippen molar-refractivity contribution in [2.24, 2.45) is 5.92 Å². The van der Waals surface area contributed by atoms with Gasteiger partial charge in [-0.2, -0.15) is 8.42 Å². The van der Waals surface area contributed by atoms with Gasteiger partial charge in [-0.15, -0.1) is 12.4 Å². The summed E-state index contributed by atoms with van der Waals surface area (Å²) in [5, 5.41) is 0.311. The van der Waals surface area contributed by atoms with Crippen LogP contribution < -0.4 is 8.92 Å². The molecule has 0 saturated carbocycles. The first kappa shape index (κ1) is 28.1. The maximum atomic E-state index is 12.6. The fourth-order valence-electron chi connectivity index (χ4n) is 3.47. The molecular weight excluding hydrogens is 501 g/mol. The summed E-state index contributed by atoms with van der Waals surface area (Å²) in [4.78, 5) is 13.9. The van der Waals surface area contributed by atoms with Gasteiger partial charge in [-0.05, 0) is 82.3 Å². The molecule has 2 aromatic carbocycles. The van der Waals surface area contributed by atoms with Gasteiger partial charge in [-0.25, -0.2) is 4.79 Å². The van der Waals surface area contributed by atoms with Crippen LogP contribution in [0.4, 0.5) is 4.79 Å². The number of carbonyl (C=O) groups excluding carboxylic acids is 1. The van der Waals surface area contributed by atoms with Crippen LogP contribution in [0.5, 0.6) is 11.5 Å². The summed E-state index contributed by atoms with van der Waals surface area (Å²) in [6.07, 6.45) is 1.32. The number of benzene rings is 2. The molecule has 2 aromatic rings.